The second-order valence-electron chi connectivity index (χ2n) is 3.09. The predicted octanol–water partition coefficient (Wildman–Crippen LogP) is 3.89. The van der Waals surface area contributed by atoms with Crippen molar-refractivity contribution in [3.63, 3.8) is 0 Å². The molecule has 0 aromatic heterocycles. The van der Waals surface area contributed by atoms with Crippen LogP contribution in [0, 0.1) is 0 Å². The van der Waals surface area contributed by atoms with E-state index in [4.69, 9.17) is 11.6 Å². The van der Waals surface area contributed by atoms with Crippen LogP contribution in [0.4, 0.5) is 0 Å². The molecule has 0 amide bonds. The van der Waals surface area contributed by atoms with Crippen molar-refractivity contribution in [2.45, 2.75) is 25.6 Å². The average molecular weight is 195 g/mol. The highest BCUT2D eigenvalue weighted by atomic mass is 35.5. The summed E-state index contributed by atoms with van der Waals surface area (Å²) in [6, 6.07) is 8.39. The van der Waals surface area contributed by atoms with Crippen molar-refractivity contribution in [2.75, 3.05) is 0 Å². The molecule has 0 saturated carbocycles. The molecule has 13 heavy (non-hydrogen) atoms. The van der Waals surface area contributed by atoms with Gasteiger partial charge in [0.25, 0.3) is 0 Å². The molecular formula is C12H15Cl. The van der Waals surface area contributed by atoms with E-state index in [2.05, 4.69) is 37.3 Å². The zero-order valence-electron chi connectivity index (χ0n) is 8.13. The van der Waals surface area contributed by atoms with Crippen LogP contribution in [-0.2, 0) is 6.42 Å². The summed E-state index contributed by atoms with van der Waals surface area (Å²) in [6.07, 6.45) is 5.17. The van der Waals surface area contributed by atoms with Gasteiger partial charge in [0.2, 0.25) is 0 Å². The number of benzene rings is 1. The largest absolute Gasteiger partial charge is 0.119 e. The summed E-state index contributed by atoms with van der Waals surface area (Å²) >= 11 is 5.84. The quantitative estimate of drug-likeness (QED) is 0.641. The molecular weight excluding hydrogens is 180 g/mol. The van der Waals surface area contributed by atoms with Crippen LogP contribution in [0.15, 0.2) is 30.3 Å². The lowest BCUT2D eigenvalue weighted by atomic mass is 10.0. The molecule has 1 atom stereocenters. The smallest absolute Gasteiger partial charge is 0.0491 e. The zero-order valence-corrected chi connectivity index (χ0v) is 8.88. The molecule has 0 nitrogen and oxygen atoms in total. The summed E-state index contributed by atoms with van der Waals surface area (Å²) in [5.41, 5.74) is 2.65. The van der Waals surface area contributed by atoms with Gasteiger partial charge in [-0.3, -0.25) is 0 Å². The van der Waals surface area contributed by atoms with Crippen LogP contribution in [-0.4, -0.2) is 5.38 Å². The van der Waals surface area contributed by atoms with E-state index in [9.17, 15) is 0 Å². The van der Waals surface area contributed by atoms with Gasteiger partial charge in [-0.2, -0.15) is 0 Å². The number of aryl methyl sites for hydroxylation is 1. The Morgan fingerprint density at radius 1 is 1.38 bits per heavy atom. The molecule has 1 aromatic carbocycles. The number of hydrogen-bond acceptors (Lipinski definition) is 0. The average Bonchev–Trinajstić information content (AvgIpc) is 2.15. The van der Waals surface area contributed by atoms with Gasteiger partial charge in [-0.25, -0.2) is 0 Å². The topological polar surface area (TPSA) is 0 Å². The van der Waals surface area contributed by atoms with Gasteiger partial charge in [0.1, 0.15) is 0 Å². The summed E-state index contributed by atoms with van der Waals surface area (Å²) in [5.74, 6) is 0. The summed E-state index contributed by atoms with van der Waals surface area (Å²) in [5, 5.41) is 0.102. The minimum absolute atomic E-state index is 0.102. The molecule has 0 aliphatic carbocycles. The molecule has 0 N–H and O–H groups in total. The maximum absolute atomic E-state index is 5.84. The molecule has 1 aromatic rings. The van der Waals surface area contributed by atoms with Crippen LogP contribution in [0.5, 0.6) is 0 Å². The first kappa shape index (κ1) is 10.3. The standard InChI is InChI=1S/C12H15Cl/c1-3-11-6-4-5-7-12(11)9-8-10(2)13/h4-10H,3H2,1-2H3/b9-8+. The van der Waals surface area contributed by atoms with E-state index in [1.165, 1.54) is 11.1 Å². The summed E-state index contributed by atoms with van der Waals surface area (Å²) < 4.78 is 0. The Morgan fingerprint density at radius 3 is 2.69 bits per heavy atom. The molecule has 1 unspecified atom stereocenters. The number of halogens is 1. The van der Waals surface area contributed by atoms with Crippen molar-refractivity contribution in [1.82, 2.24) is 0 Å². The highest BCUT2D eigenvalue weighted by molar-refractivity contribution is 6.21. The van der Waals surface area contributed by atoms with Crippen LogP contribution in [0.25, 0.3) is 6.08 Å². The number of rotatable bonds is 3. The molecule has 1 rings (SSSR count). The van der Waals surface area contributed by atoms with Gasteiger partial charge in [0, 0.05) is 5.38 Å². The maximum atomic E-state index is 5.84. The third-order valence-corrected chi connectivity index (χ3v) is 2.12. The lowest BCUT2D eigenvalue weighted by Crippen LogP contribution is -1.86. The number of hydrogen-bond donors (Lipinski definition) is 0. The van der Waals surface area contributed by atoms with Crippen molar-refractivity contribution < 1.29 is 0 Å². The monoisotopic (exact) mass is 194 g/mol. The predicted molar refractivity (Wildman–Crippen MR) is 60.2 cm³/mol. The fourth-order valence-electron chi connectivity index (χ4n) is 1.26. The van der Waals surface area contributed by atoms with Crippen molar-refractivity contribution in [3.05, 3.63) is 41.5 Å². The van der Waals surface area contributed by atoms with Crippen molar-refractivity contribution in [3.8, 4) is 0 Å². The van der Waals surface area contributed by atoms with Gasteiger partial charge in [-0.1, -0.05) is 43.3 Å². The second kappa shape index (κ2) is 5.08. The molecule has 0 radical (unpaired) electrons. The molecule has 0 heterocycles. The molecule has 70 valence electrons. The third kappa shape index (κ3) is 3.23. The highest BCUT2D eigenvalue weighted by Gasteiger charge is 1.95. The summed E-state index contributed by atoms with van der Waals surface area (Å²) in [7, 11) is 0. The zero-order chi connectivity index (χ0) is 9.68. The third-order valence-electron chi connectivity index (χ3n) is 1.98. The Balaban J connectivity index is 2.87. The van der Waals surface area contributed by atoms with Crippen LogP contribution >= 0.6 is 11.6 Å². The SMILES string of the molecule is CCc1ccccc1/C=C/C(C)Cl. The van der Waals surface area contributed by atoms with E-state index < -0.39 is 0 Å². The minimum Gasteiger partial charge on any atom is -0.119 e. The van der Waals surface area contributed by atoms with E-state index in [1.54, 1.807) is 0 Å². The second-order valence-corrected chi connectivity index (χ2v) is 3.78. The molecule has 0 bridgehead atoms. The van der Waals surface area contributed by atoms with Gasteiger partial charge in [-0.15, -0.1) is 11.6 Å². The Labute approximate surface area is 85.2 Å². The van der Waals surface area contributed by atoms with Gasteiger partial charge in [0.15, 0.2) is 0 Å². The first-order valence-electron chi connectivity index (χ1n) is 4.64. The van der Waals surface area contributed by atoms with Gasteiger partial charge < -0.3 is 0 Å². The van der Waals surface area contributed by atoms with Crippen molar-refractivity contribution in [1.29, 1.82) is 0 Å². The van der Waals surface area contributed by atoms with Gasteiger partial charge in [-0.05, 0) is 24.5 Å². The first-order valence-corrected chi connectivity index (χ1v) is 5.08. The summed E-state index contributed by atoms with van der Waals surface area (Å²) in [4.78, 5) is 0. The summed E-state index contributed by atoms with van der Waals surface area (Å²) in [6.45, 7) is 4.13. The lowest BCUT2D eigenvalue weighted by molar-refractivity contribution is 1.13. The van der Waals surface area contributed by atoms with Gasteiger partial charge >= 0.3 is 0 Å². The van der Waals surface area contributed by atoms with Gasteiger partial charge in [0.05, 0.1) is 0 Å². The van der Waals surface area contributed by atoms with Crippen molar-refractivity contribution in [2.24, 2.45) is 0 Å². The molecule has 0 saturated heterocycles. The fourth-order valence-corrected chi connectivity index (χ4v) is 1.33. The highest BCUT2D eigenvalue weighted by Crippen LogP contribution is 2.12. The van der Waals surface area contributed by atoms with E-state index >= 15 is 0 Å². The molecule has 0 spiro atoms. The van der Waals surface area contributed by atoms with Crippen molar-refractivity contribution >= 4 is 17.7 Å². The normalized spacial score (nSPS) is 13.5. The van der Waals surface area contributed by atoms with Crippen LogP contribution in [0.1, 0.15) is 25.0 Å². The Bertz CT molecular complexity index is 287. The minimum atomic E-state index is 0.102. The first-order chi connectivity index (χ1) is 6.24. The number of allylic oxidation sites excluding steroid dienone is 1. The molecule has 1 heteroatoms. The fraction of sp³-hybridized carbons (Fsp3) is 0.333. The van der Waals surface area contributed by atoms with E-state index in [0.29, 0.717) is 0 Å². The van der Waals surface area contributed by atoms with Crippen LogP contribution in [0.2, 0.25) is 0 Å². The van der Waals surface area contributed by atoms with E-state index in [-0.39, 0.29) is 5.38 Å². The molecule has 0 aliphatic heterocycles. The Morgan fingerprint density at radius 2 is 2.08 bits per heavy atom. The molecule has 0 aliphatic rings. The Kier molecular flexibility index (Phi) is 4.04. The maximum Gasteiger partial charge on any atom is 0.0491 e. The van der Waals surface area contributed by atoms with E-state index in [1.807, 2.05) is 13.0 Å². The van der Waals surface area contributed by atoms with Crippen LogP contribution < -0.4 is 0 Å². The number of alkyl halides is 1. The Hall–Kier alpha value is -0.750. The lowest BCUT2D eigenvalue weighted by Gasteiger charge is -2.02. The van der Waals surface area contributed by atoms with E-state index in [0.717, 1.165) is 6.42 Å². The van der Waals surface area contributed by atoms with Crippen LogP contribution in [0.3, 0.4) is 0 Å². The molecule has 0 fully saturated rings.